The van der Waals surface area contributed by atoms with Crippen molar-refractivity contribution < 1.29 is 32.9 Å². The summed E-state index contributed by atoms with van der Waals surface area (Å²) in [5, 5.41) is 0. The lowest BCUT2D eigenvalue weighted by molar-refractivity contribution is 0.264. The molecule has 2 aliphatic rings. The number of hydrogen-bond donors (Lipinski definition) is 0. The highest BCUT2D eigenvalue weighted by Gasteiger charge is 2.45. The highest BCUT2D eigenvalue weighted by Crippen LogP contribution is 2.28. The minimum atomic E-state index is -2.36. The molecule has 0 N–H and O–H groups in total. The molecule has 2 fully saturated rings. The molecule has 2 rings (SSSR count). The lowest BCUT2D eigenvalue weighted by Crippen LogP contribution is -2.56. The van der Waals surface area contributed by atoms with Gasteiger partial charge in [0.1, 0.15) is 0 Å². The predicted molar refractivity (Wildman–Crippen MR) is 120 cm³/mol. The SMILES string of the molecule is C[SiH]1O[SiH](C)O[Si](C)(CC[Si]2(C)O[SiH](C)O[SiH](C)O[SiH](C)O2)O[SiH](C)O1. The van der Waals surface area contributed by atoms with Crippen LogP contribution >= 0.6 is 0 Å². The van der Waals surface area contributed by atoms with Gasteiger partial charge in [0, 0.05) is 0 Å². The van der Waals surface area contributed by atoms with Gasteiger partial charge in [0.2, 0.25) is 0 Å². The van der Waals surface area contributed by atoms with Crippen LogP contribution in [0.1, 0.15) is 0 Å². The summed E-state index contributed by atoms with van der Waals surface area (Å²) in [4.78, 5) is 0. The predicted octanol–water partition coefficient (Wildman–Crippen LogP) is 0.392. The van der Waals surface area contributed by atoms with Crippen LogP contribution in [-0.2, 0) is 32.9 Å². The number of hydrogen-bond acceptors (Lipinski definition) is 8. The van der Waals surface area contributed by atoms with Crippen molar-refractivity contribution in [3.05, 3.63) is 0 Å². The quantitative estimate of drug-likeness (QED) is 0.509. The molecule has 154 valence electrons. The zero-order valence-corrected chi connectivity index (χ0v) is 26.1. The average molecular weight is 507 g/mol. The molecule has 4 unspecified atom stereocenters. The van der Waals surface area contributed by atoms with E-state index < -0.39 is 72.8 Å². The highest BCUT2D eigenvalue weighted by molar-refractivity contribution is 6.84. The summed E-state index contributed by atoms with van der Waals surface area (Å²) in [5.74, 6) is 0. The second-order valence-corrected chi connectivity index (χ2v) is 27.7. The molecule has 2 heterocycles. The minimum absolute atomic E-state index is 0.836. The topological polar surface area (TPSA) is 73.8 Å². The summed E-state index contributed by atoms with van der Waals surface area (Å²) in [6, 6.07) is 1.67. The van der Waals surface area contributed by atoms with Gasteiger partial charge >= 0.3 is 17.1 Å². The van der Waals surface area contributed by atoms with Crippen LogP contribution in [0.25, 0.3) is 0 Å². The smallest absolute Gasteiger partial charge is 0.316 e. The van der Waals surface area contributed by atoms with Gasteiger partial charge in [-0.3, -0.25) is 0 Å². The van der Waals surface area contributed by atoms with E-state index in [0.717, 1.165) is 12.1 Å². The molecular weight excluding hydrogens is 473 g/mol. The first-order chi connectivity index (χ1) is 12.0. The first-order valence-electron chi connectivity index (χ1n) is 9.32. The van der Waals surface area contributed by atoms with E-state index in [0.29, 0.717) is 0 Å². The van der Waals surface area contributed by atoms with Crippen molar-refractivity contribution in [2.24, 2.45) is 0 Å². The molecule has 0 amide bonds. The maximum Gasteiger partial charge on any atom is 0.316 e. The van der Waals surface area contributed by atoms with Gasteiger partial charge in [0.25, 0.3) is 55.7 Å². The normalized spacial score (nSPS) is 48.9. The van der Waals surface area contributed by atoms with Crippen molar-refractivity contribution in [3.8, 4) is 0 Å². The first kappa shape index (κ1) is 23.7. The summed E-state index contributed by atoms with van der Waals surface area (Å²) in [6.45, 7) is 16.6. The molecule has 0 aromatic rings. The Morgan fingerprint density at radius 3 is 0.923 bits per heavy atom. The molecule has 26 heavy (non-hydrogen) atoms. The molecule has 0 radical (unpaired) electrons. The maximum atomic E-state index is 6.38. The van der Waals surface area contributed by atoms with Crippen molar-refractivity contribution >= 4 is 72.8 Å². The molecule has 8 nitrogen and oxygen atoms in total. The summed E-state index contributed by atoms with van der Waals surface area (Å²) in [7, 11) is -14.8. The van der Waals surface area contributed by atoms with E-state index in [1.165, 1.54) is 0 Å². The largest absolute Gasteiger partial charge is 0.420 e. The Balaban J connectivity index is 2.03. The lowest BCUT2D eigenvalue weighted by atomic mass is 10.9. The van der Waals surface area contributed by atoms with E-state index in [4.69, 9.17) is 32.9 Å². The zero-order valence-electron chi connectivity index (χ0n) is 17.1. The average Bonchev–Trinajstić information content (AvgIpc) is 2.41. The molecule has 0 bridgehead atoms. The molecule has 0 aliphatic carbocycles. The number of rotatable bonds is 3. The van der Waals surface area contributed by atoms with E-state index >= 15 is 0 Å². The van der Waals surface area contributed by atoms with Crippen LogP contribution in [0.3, 0.4) is 0 Å². The Hall–Kier alpha value is 1.42. The van der Waals surface area contributed by atoms with Gasteiger partial charge in [-0.2, -0.15) is 0 Å². The van der Waals surface area contributed by atoms with Gasteiger partial charge in [-0.15, -0.1) is 0 Å². The van der Waals surface area contributed by atoms with Crippen LogP contribution in [0.15, 0.2) is 0 Å². The molecule has 0 aromatic heterocycles. The Kier molecular flexibility index (Phi) is 9.06. The summed E-state index contributed by atoms with van der Waals surface area (Å²) in [6.07, 6.45) is 0. The molecule has 4 atom stereocenters. The van der Waals surface area contributed by atoms with Gasteiger partial charge in [-0.05, 0) is 64.5 Å². The Labute approximate surface area is 170 Å². The van der Waals surface area contributed by atoms with Crippen molar-refractivity contribution in [2.45, 2.75) is 64.5 Å². The minimum Gasteiger partial charge on any atom is -0.420 e. The van der Waals surface area contributed by atoms with Gasteiger partial charge in [0.05, 0.1) is 0 Å². The molecule has 0 spiro atoms. The molecule has 16 heteroatoms. The first-order valence-corrected chi connectivity index (χ1v) is 26.9. The van der Waals surface area contributed by atoms with E-state index in [-0.39, 0.29) is 0 Å². The third-order valence-corrected chi connectivity index (χ3v) is 32.6. The van der Waals surface area contributed by atoms with Gasteiger partial charge in [-0.1, -0.05) is 0 Å². The van der Waals surface area contributed by atoms with Crippen LogP contribution in [0.4, 0.5) is 0 Å². The second-order valence-electron chi connectivity index (χ2n) is 7.19. The van der Waals surface area contributed by atoms with E-state index in [2.05, 4.69) is 52.4 Å². The van der Waals surface area contributed by atoms with Crippen LogP contribution < -0.4 is 0 Å². The molecule has 2 aliphatic heterocycles. The third kappa shape index (κ3) is 7.68. The molecular formula is C10H34O8Si8. The fourth-order valence-electron chi connectivity index (χ4n) is 3.40. The molecule has 0 saturated carbocycles. The van der Waals surface area contributed by atoms with E-state index in [9.17, 15) is 0 Å². The second kappa shape index (κ2) is 9.95. The van der Waals surface area contributed by atoms with Crippen molar-refractivity contribution in [3.63, 3.8) is 0 Å². The summed E-state index contributed by atoms with van der Waals surface area (Å²) in [5.41, 5.74) is 0. The van der Waals surface area contributed by atoms with Crippen LogP contribution in [0.5, 0.6) is 0 Å². The fourth-order valence-corrected chi connectivity index (χ4v) is 34.8. The van der Waals surface area contributed by atoms with Gasteiger partial charge in [-0.25, -0.2) is 0 Å². The summed E-state index contributed by atoms with van der Waals surface area (Å²) >= 11 is 0. The monoisotopic (exact) mass is 506 g/mol. The van der Waals surface area contributed by atoms with E-state index in [1.54, 1.807) is 0 Å². The van der Waals surface area contributed by atoms with Crippen molar-refractivity contribution in [1.29, 1.82) is 0 Å². The van der Waals surface area contributed by atoms with Crippen LogP contribution in [0, 0.1) is 0 Å². The standard InChI is InChI=1S/C10H34O8Si8/c1-19-11-21(3)15-25(7,16-22(4)12-19)9-10-26(8)17-23(5)13-20(2)14-24(6)18-26/h19-24H,9-10H2,1-8H3. The summed E-state index contributed by atoms with van der Waals surface area (Å²) < 4.78 is 49.6. The highest BCUT2D eigenvalue weighted by atomic mass is 28.5. The molecule has 0 aromatic carbocycles. The lowest BCUT2D eigenvalue weighted by Gasteiger charge is -2.40. The van der Waals surface area contributed by atoms with Crippen molar-refractivity contribution in [1.82, 2.24) is 0 Å². The third-order valence-electron chi connectivity index (χ3n) is 4.23. The van der Waals surface area contributed by atoms with Gasteiger partial charge in [0.15, 0.2) is 0 Å². The Bertz CT molecular complexity index is 395. The van der Waals surface area contributed by atoms with Crippen LogP contribution in [0.2, 0.25) is 64.5 Å². The van der Waals surface area contributed by atoms with Gasteiger partial charge < -0.3 is 32.9 Å². The molecule has 2 saturated heterocycles. The van der Waals surface area contributed by atoms with E-state index in [1.807, 2.05) is 0 Å². The fraction of sp³-hybridized carbons (Fsp3) is 1.00. The maximum absolute atomic E-state index is 6.38. The Morgan fingerprint density at radius 2 is 0.692 bits per heavy atom. The Morgan fingerprint density at radius 1 is 0.462 bits per heavy atom. The van der Waals surface area contributed by atoms with Crippen molar-refractivity contribution in [2.75, 3.05) is 0 Å². The zero-order chi connectivity index (χ0) is 19.5. The van der Waals surface area contributed by atoms with Crippen LogP contribution in [-0.4, -0.2) is 72.8 Å².